The molecule has 0 aliphatic rings. The molecule has 0 saturated heterocycles. The van der Waals surface area contributed by atoms with Crippen LogP contribution >= 0.6 is 23.2 Å². The van der Waals surface area contributed by atoms with Gasteiger partial charge >= 0.3 is 0 Å². The van der Waals surface area contributed by atoms with Crippen LogP contribution in [0.4, 0.5) is 0 Å². The summed E-state index contributed by atoms with van der Waals surface area (Å²) in [5.41, 5.74) is 3.66. The van der Waals surface area contributed by atoms with Crippen molar-refractivity contribution < 1.29 is 4.74 Å². The highest BCUT2D eigenvalue weighted by atomic mass is 35.5. The predicted molar refractivity (Wildman–Crippen MR) is 69.9 cm³/mol. The molecular weight excluding hydrogens is 245 g/mol. The highest BCUT2D eigenvalue weighted by Crippen LogP contribution is 2.40. The van der Waals surface area contributed by atoms with E-state index in [0.29, 0.717) is 0 Å². The molecule has 1 N–H and O–H groups in total. The molecule has 0 aliphatic carbocycles. The monoisotopic (exact) mass is 261 g/mol. The smallest absolute Gasteiger partial charge is 0.128 e. The number of halogens is 2. The first kappa shape index (κ1) is 13.6. The molecule has 0 radical (unpaired) electrons. The van der Waals surface area contributed by atoms with Crippen LogP contribution in [-0.4, -0.2) is 14.2 Å². The van der Waals surface area contributed by atoms with Crippen molar-refractivity contribution in [1.82, 2.24) is 5.32 Å². The van der Waals surface area contributed by atoms with Crippen molar-refractivity contribution in [3.8, 4) is 5.75 Å². The molecule has 1 aromatic carbocycles. The van der Waals surface area contributed by atoms with E-state index < -0.39 is 0 Å². The number of rotatable bonds is 3. The molecule has 0 saturated carbocycles. The fraction of sp³-hybridized carbons (Fsp3) is 0.500. The lowest BCUT2D eigenvalue weighted by atomic mass is 9.98. The second kappa shape index (κ2) is 5.26. The summed E-state index contributed by atoms with van der Waals surface area (Å²) < 4.78 is 5.43. The largest absolute Gasteiger partial charge is 0.496 e. The molecule has 90 valence electrons. The van der Waals surface area contributed by atoms with Gasteiger partial charge in [0.15, 0.2) is 0 Å². The lowest BCUT2D eigenvalue weighted by Gasteiger charge is -2.21. The molecule has 0 fully saturated rings. The van der Waals surface area contributed by atoms with Crippen LogP contribution < -0.4 is 10.1 Å². The Morgan fingerprint density at radius 1 is 1.12 bits per heavy atom. The van der Waals surface area contributed by atoms with Crippen molar-refractivity contribution in [3.63, 3.8) is 0 Å². The molecule has 0 spiro atoms. The number of hydrogen-bond acceptors (Lipinski definition) is 2. The van der Waals surface area contributed by atoms with E-state index in [2.05, 4.69) is 5.32 Å². The first-order valence-corrected chi connectivity index (χ1v) is 5.91. The van der Waals surface area contributed by atoms with E-state index in [1.165, 1.54) is 0 Å². The van der Waals surface area contributed by atoms with Crippen molar-refractivity contribution >= 4 is 23.2 Å². The molecule has 0 aromatic heterocycles. The molecule has 0 heterocycles. The van der Waals surface area contributed by atoms with E-state index >= 15 is 0 Å². The summed E-state index contributed by atoms with van der Waals surface area (Å²) in [6.07, 6.45) is 0. The second-order valence-electron chi connectivity index (χ2n) is 3.79. The van der Waals surface area contributed by atoms with Crippen LogP contribution in [-0.2, 0) is 0 Å². The van der Waals surface area contributed by atoms with E-state index in [4.69, 9.17) is 27.9 Å². The van der Waals surface area contributed by atoms with Crippen molar-refractivity contribution in [2.45, 2.75) is 26.3 Å². The molecular formula is C12H17Cl2NO. The van der Waals surface area contributed by atoms with E-state index in [0.717, 1.165) is 33.0 Å². The van der Waals surface area contributed by atoms with E-state index in [1.54, 1.807) is 14.2 Å². The first-order valence-electron chi connectivity index (χ1n) is 5.10. The Morgan fingerprint density at radius 2 is 1.69 bits per heavy atom. The number of nitrogens with one attached hydrogen (secondary N) is 1. The van der Waals surface area contributed by atoms with Gasteiger partial charge in [-0.2, -0.15) is 0 Å². The third-order valence-electron chi connectivity index (χ3n) is 2.92. The summed E-state index contributed by atoms with van der Waals surface area (Å²) >= 11 is 12.5. The highest BCUT2D eigenvalue weighted by molar-refractivity contribution is 6.32. The van der Waals surface area contributed by atoms with Gasteiger partial charge in [0.25, 0.3) is 0 Å². The average Bonchev–Trinajstić information content (AvgIpc) is 2.29. The van der Waals surface area contributed by atoms with E-state index in [9.17, 15) is 0 Å². The van der Waals surface area contributed by atoms with Crippen LogP contribution in [0.2, 0.25) is 5.02 Å². The molecule has 1 atom stereocenters. The van der Waals surface area contributed by atoms with Crippen LogP contribution in [0.25, 0.3) is 0 Å². The van der Waals surface area contributed by atoms with Crippen LogP contribution in [0, 0.1) is 20.8 Å². The summed E-state index contributed by atoms with van der Waals surface area (Å²) in [4.78, 5) is 0. The zero-order chi connectivity index (χ0) is 12.5. The van der Waals surface area contributed by atoms with Crippen LogP contribution in [0.15, 0.2) is 0 Å². The zero-order valence-electron chi connectivity index (χ0n) is 10.2. The van der Waals surface area contributed by atoms with E-state index in [-0.39, 0.29) is 5.50 Å². The maximum absolute atomic E-state index is 6.28. The summed E-state index contributed by atoms with van der Waals surface area (Å²) in [5, 5.41) is 3.76. The maximum Gasteiger partial charge on any atom is 0.128 e. The fourth-order valence-corrected chi connectivity index (χ4v) is 2.33. The van der Waals surface area contributed by atoms with Gasteiger partial charge in [-0.1, -0.05) is 11.6 Å². The standard InChI is InChI=1S/C12H17Cl2NO/c1-6-7(2)11(16-5)9(12(14)15-4)8(3)10(6)13/h12,15H,1-5H3. The van der Waals surface area contributed by atoms with Gasteiger partial charge in [0.05, 0.1) is 7.11 Å². The molecule has 0 bridgehead atoms. The normalized spacial score (nSPS) is 12.7. The second-order valence-corrected chi connectivity index (χ2v) is 4.60. The molecule has 1 aromatic rings. The van der Waals surface area contributed by atoms with Gasteiger partial charge in [-0.15, -0.1) is 11.6 Å². The molecule has 1 rings (SSSR count). The van der Waals surface area contributed by atoms with Crippen LogP contribution in [0.1, 0.15) is 27.8 Å². The topological polar surface area (TPSA) is 21.3 Å². The lowest BCUT2D eigenvalue weighted by molar-refractivity contribution is 0.403. The molecule has 2 nitrogen and oxygen atoms in total. The van der Waals surface area contributed by atoms with Crippen LogP contribution in [0.5, 0.6) is 5.75 Å². The van der Waals surface area contributed by atoms with E-state index in [1.807, 2.05) is 20.8 Å². The summed E-state index contributed by atoms with van der Waals surface area (Å²) in [6.45, 7) is 5.93. The Balaban J connectivity index is 3.57. The van der Waals surface area contributed by atoms with Crippen molar-refractivity contribution in [2.24, 2.45) is 0 Å². The Bertz CT molecular complexity index is 405. The molecule has 16 heavy (non-hydrogen) atoms. The fourth-order valence-electron chi connectivity index (χ4n) is 1.82. The van der Waals surface area contributed by atoms with Gasteiger partial charge < -0.3 is 10.1 Å². The minimum atomic E-state index is -0.299. The highest BCUT2D eigenvalue weighted by Gasteiger charge is 2.21. The van der Waals surface area contributed by atoms with Gasteiger partial charge in [-0.3, -0.25) is 0 Å². The van der Waals surface area contributed by atoms with Gasteiger partial charge in [-0.25, -0.2) is 0 Å². The van der Waals surface area contributed by atoms with Crippen molar-refractivity contribution in [2.75, 3.05) is 14.2 Å². The van der Waals surface area contributed by atoms with Crippen molar-refractivity contribution in [3.05, 3.63) is 27.3 Å². The average molecular weight is 262 g/mol. The number of methoxy groups -OCH3 is 1. The summed E-state index contributed by atoms with van der Waals surface area (Å²) in [6, 6.07) is 0. The van der Waals surface area contributed by atoms with Gasteiger partial charge in [-0.05, 0) is 44.5 Å². The Morgan fingerprint density at radius 3 is 2.12 bits per heavy atom. The Hall–Kier alpha value is -0.440. The minimum Gasteiger partial charge on any atom is -0.496 e. The zero-order valence-corrected chi connectivity index (χ0v) is 11.8. The minimum absolute atomic E-state index is 0.299. The van der Waals surface area contributed by atoms with Gasteiger partial charge in [0.1, 0.15) is 11.3 Å². The SMILES string of the molecule is CNC(Cl)c1c(C)c(Cl)c(C)c(C)c1OC. The lowest BCUT2D eigenvalue weighted by Crippen LogP contribution is -2.14. The molecule has 4 heteroatoms. The van der Waals surface area contributed by atoms with Crippen molar-refractivity contribution in [1.29, 1.82) is 0 Å². The summed E-state index contributed by atoms with van der Waals surface area (Å²) in [7, 11) is 3.46. The summed E-state index contributed by atoms with van der Waals surface area (Å²) in [5.74, 6) is 0.814. The Labute approximate surface area is 107 Å². The predicted octanol–water partition coefficient (Wildman–Crippen LogP) is 3.73. The van der Waals surface area contributed by atoms with Crippen LogP contribution in [0.3, 0.4) is 0 Å². The van der Waals surface area contributed by atoms with Gasteiger partial charge in [0, 0.05) is 10.6 Å². The number of hydrogen-bond donors (Lipinski definition) is 1. The third kappa shape index (κ3) is 2.15. The van der Waals surface area contributed by atoms with Gasteiger partial charge in [0.2, 0.25) is 0 Å². The third-order valence-corrected chi connectivity index (χ3v) is 3.92. The number of benzene rings is 1. The number of ether oxygens (including phenoxy) is 1. The first-order chi connectivity index (χ1) is 7.45. The molecule has 0 aliphatic heterocycles. The maximum atomic E-state index is 6.28. The Kier molecular flexibility index (Phi) is 4.48. The molecule has 0 amide bonds. The number of alkyl halides is 1. The quantitative estimate of drug-likeness (QED) is 0.662. The molecule has 1 unspecified atom stereocenters.